The molecule has 1 fully saturated rings. The van der Waals surface area contributed by atoms with Crippen molar-refractivity contribution >= 4 is 5.97 Å². The van der Waals surface area contributed by atoms with Crippen molar-refractivity contribution in [3.05, 3.63) is 76.9 Å². The molecule has 0 unspecified atom stereocenters. The molecule has 2 heterocycles. The first-order chi connectivity index (χ1) is 17.9. The lowest BCUT2D eigenvalue weighted by Crippen LogP contribution is -2.47. The molecule has 0 radical (unpaired) electrons. The third kappa shape index (κ3) is 3.66. The van der Waals surface area contributed by atoms with Gasteiger partial charge in [-0.3, -0.25) is 4.79 Å². The van der Waals surface area contributed by atoms with E-state index in [2.05, 4.69) is 0 Å². The number of phenolic OH excluding ortho intramolecular Hbond substituents is 1. The first-order valence-corrected chi connectivity index (χ1v) is 12.3. The van der Waals surface area contributed by atoms with E-state index < -0.39 is 23.4 Å². The highest BCUT2D eigenvalue weighted by Crippen LogP contribution is 2.58. The summed E-state index contributed by atoms with van der Waals surface area (Å²) < 4.78 is 27.8. The molecule has 3 aliphatic rings. The molecule has 3 aromatic rings. The summed E-state index contributed by atoms with van der Waals surface area (Å²) in [6.45, 7) is 0.187. The minimum absolute atomic E-state index is 0.0844. The predicted molar refractivity (Wildman–Crippen MR) is 132 cm³/mol. The molecular weight excluding hydrogens is 476 g/mol. The van der Waals surface area contributed by atoms with E-state index in [0.29, 0.717) is 35.5 Å². The van der Waals surface area contributed by atoms with Crippen molar-refractivity contribution in [3.63, 3.8) is 0 Å². The van der Waals surface area contributed by atoms with Crippen molar-refractivity contribution in [2.75, 3.05) is 27.6 Å². The Morgan fingerprint density at radius 3 is 2.32 bits per heavy atom. The molecule has 0 amide bonds. The molecule has 1 saturated heterocycles. The highest BCUT2D eigenvalue weighted by molar-refractivity contribution is 5.79. The SMILES string of the molecule is COc1cc([C@@H]2c3cc4c(cc3[C@@](O)(CCc3ccccc3)[C@H]3COC(=O)[C@H]23)OCO4)cc(OC)c1O. The second-order valence-corrected chi connectivity index (χ2v) is 9.72. The van der Waals surface area contributed by atoms with Crippen LogP contribution in [0.4, 0.5) is 0 Å². The fraction of sp³-hybridized carbons (Fsp3) is 0.345. The number of carbonyl (C=O) groups is 1. The number of hydrogen-bond acceptors (Lipinski definition) is 8. The van der Waals surface area contributed by atoms with Gasteiger partial charge in [-0.2, -0.15) is 0 Å². The minimum Gasteiger partial charge on any atom is -0.502 e. The number of aromatic hydroxyl groups is 1. The van der Waals surface area contributed by atoms with Gasteiger partial charge >= 0.3 is 5.97 Å². The number of benzene rings is 3. The van der Waals surface area contributed by atoms with Crippen LogP contribution in [0.2, 0.25) is 0 Å². The molecule has 6 rings (SSSR count). The first-order valence-electron chi connectivity index (χ1n) is 12.3. The molecule has 192 valence electrons. The van der Waals surface area contributed by atoms with Crippen molar-refractivity contribution in [1.29, 1.82) is 0 Å². The lowest BCUT2D eigenvalue weighted by molar-refractivity contribution is -0.142. The summed E-state index contributed by atoms with van der Waals surface area (Å²) >= 11 is 0. The van der Waals surface area contributed by atoms with Crippen LogP contribution >= 0.6 is 0 Å². The Morgan fingerprint density at radius 1 is 0.973 bits per heavy atom. The molecule has 0 bridgehead atoms. The Labute approximate surface area is 214 Å². The molecule has 8 nitrogen and oxygen atoms in total. The van der Waals surface area contributed by atoms with Crippen LogP contribution in [0.1, 0.15) is 34.6 Å². The summed E-state index contributed by atoms with van der Waals surface area (Å²) in [4.78, 5) is 13.3. The van der Waals surface area contributed by atoms with Gasteiger partial charge in [0.15, 0.2) is 23.0 Å². The van der Waals surface area contributed by atoms with Gasteiger partial charge in [0.1, 0.15) is 0 Å². The monoisotopic (exact) mass is 504 g/mol. The number of cyclic esters (lactones) is 1. The third-order valence-corrected chi connectivity index (χ3v) is 7.93. The summed E-state index contributed by atoms with van der Waals surface area (Å²) in [7, 11) is 2.92. The average Bonchev–Trinajstić information content (AvgIpc) is 3.55. The maximum Gasteiger partial charge on any atom is 0.310 e. The zero-order valence-corrected chi connectivity index (χ0v) is 20.6. The van der Waals surface area contributed by atoms with Gasteiger partial charge in [-0.15, -0.1) is 0 Å². The summed E-state index contributed by atoms with van der Waals surface area (Å²) in [6.07, 6.45) is 1.02. The van der Waals surface area contributed by atoms with E-state index in [1.807, 2.05) is 42.5 Å². The van der Waals surface area contributed by atoms with E-state index in [9.17, 15) is 15.0 Å². The number of aliphatic hydroxyl groups is 1. The average molecular weight is 505 g/mol. The van der Waals surface area contributed by atoms with E-state index in [4.69, 9.17) is 23.7 Å². The Bertz CT molecular complexity index is 1330. The summed E-state index contributed by atoms with van der Waals surface area (Å²) in [5, 5.41) is 22.9. The smallest absolute Gasteiger partial charge is 0.310 e. The van der Waals surface area contributed by atoms with E-state index >= 15 is 0 Å². The number of aryl methyl sites for hydroxylation is 1. The van der Waals surface area contributed by atoms with Crippen molar-refractivity contribution in [2.45, 2.75) is 24.4 Å². The Hall–Kier alpha value is -3.91. The quantitative estimate of drug-likeness (QED) is 0.488. The molecule has 1 aliphatic carbocycles. The maximum absolute atomic E-state index is 13.3. The van der Waals surface area contributed by atoms with E-state index in [1.54, 1.807) is 12.1 Å². The molecule has 4 atom stereocenters. The standard InChI is InChI=1S/C29H28O8/c1-33-23-10-17(11-24(34-2)27(23)30)25-18-12-21-22(37-15-36-21)13-19(18)29(32,20-14-35-28(31)26(20)25)9-8-16-6-4-3-5-7-16/h3-7,10-13,20,25-26,30,32H,8-9,14-15H2,1-2H3/t20-,25+,26-,29-/m0/s1. The molecule has 8 heteroatoms. The molecule has 2 N–H and O–H groups in total. The van der Waals surface area contributed by atoms with Crippen LogP contribution < -0.4 is 18.9 Å². The lowest BCUT2D eigenvalue weighted by Gasteiger charge is -2.45. The zero-order chi connectivity index (χ0) is 25.7. The Balaban J connectivity index is 1.54. The molecular formula is C29H28O8. The normalized spacial score (nSPS) is 25.3. The highest BCUT2D eigenvalue weighted by Gasteiger charge is 2.58. The van der Waals surface area contributed by atoms with Crippen LogP contribution in [0, 0.1) is 11.8 Å². The second-order valence-electron chi connectivity index (χ2n) is 9.72. The lowest BCUT2D eigenvalue weighted by atomic mass is 9.59. The molecule has 2 aliphatic heterocycles. The molecule has 0 aromatic heterocycles. The minimum atomic E-state index is -1.34. The van der Waals surface area contributed by atoms with Crippen molar-refractivity contribution in [2.24, 2.45) is 11.8 Å². The summed E-state index contributed by atoms with van der Waals surface area (Å²) in [6, 6.07) is 17.0. The highest BCUT2D eigenvalue weighted by atomic mass is 16.7. The van der Waals surface area contributed by atoms with Gasteiger partial charge in [0.2, 0.25) is 12.5 Å². The fourth-order valence-electron chi connectivity index (χ4n) is 6.10. The van der Waals surface area contributed by atoms with Crippen LogP contribution in [0.25, 0.3) is 0 Å². The number of phenols is 1. The Morgan fingerprint density at radius 2 is 1.65 bits per heavy atom. The number of carbonyl (C=O) groups excluding carboxylic acids is 1. The van der Waals surface area contributed by atoms with Crippen LogP contribution in [-0.4, -0.2) is 43.8 Å². The molecule has 0 saturated carbocycles. The largest absolute Gasteiger partial charge is 0.502 e. The van der Waals surface area contributed by atoms with Gasteiger partial charge < -0.3 is 33.9 Å². The Kier molecular flexibility index (Phi) is 5.64. The second kappa shape index (κ2) is 8.88. The van der Waals surface area contributed by atoms with Crippen LogP contribution in [-0.2, 0) is 21.6 Å². The summed E-state index contributed by atoms with van der Waals surface area (Å²) in [5.41, 5.74) is 1.88. The molecule has 37 heavy (non-hydrogen) atoms. The maximum atomic E-state index is 13.3. The zero-order valence-electron chi connectivity index (χ0n) is 20.6. The third-order valence-electron chi connectivity index (χ3n) is 7.93. The van der Waals surface area contributed by atoms with Gasteiger partial charge in [0.05, 0.1) is 32.3 Å². The fourth-order valence-corrected chi connectivity index (χ4v) is 6.10. The summed E-state index contributed by atoms with van der Waals surface area (Å²) in [5.74, 6) is -0.585. The number of esters is 1. The van der Waals surface area contributed by atoms with Gasteiger partial charge in [-0.25, -0.2) is 0 Å². The van der Waals surface area contributed by atoms with Crippen molar-refractivity contribution in [3.8, 4) is 28.7 Å². The molecule has 0 spiro atoms. The van der Waals surface area contributed by atoms with Gasteiger partial charge in [0, 0.05) is 11.8 Å². The van der Waals surface area contributed by atoms with Crippen LogP contribution in [0.3, 0.4) is 0 Å². The topological polar surface area (TPSA) is 104 Å². The van der Waals surface area contributed by atoms with Crippen molar-refractivity contribution < 1.29 is 38.7 Å². The van der Waals surface area contributed by atoms with Crippen LogP contribution in [0.5, 0.6) is 28.7 Å². The molecule has 3 aromatic carbocycles. The van der Waals surface area contributed by atoms with Gasteiger partial charge in [-0.1, -0.05) is 30.3 Å². The van der Waals surface area contributed by atoms with E-state index in [-0.39, 0.29) is 36.6 Å². The van der Waals surface area contributed by atoms with E-state index in [0.717, 1.165) is 11.1 Å². The van der Waals surface area contributed by atoms with Gasteiger partial charge in [-0.05, 0) is 59.4 Å². The predicted octanol–water partition coefficient (Wildman–Crippen LogP) is 3.89. The van der Waals surface area contributed by atoms with E-state index in [1.165, 1.54) is 14.2 Å². The number of fused-ring (bicyclic) bond motifs is 3. The number of hydrogen-bond donors (Lipinski definition) is 2. The van der Waals surface area contributed by atoms with Crippen LogP contribution in [0.15, 0.2) is 54.6 Å². The first kappa shape index (κ1) is 23.5. The van der Waals surface area contributed by atoms with Crippen molar-refractivity contribution in [1.82, 2.24) is 0 Å². The number of ether oxygens (including phenoxy) is 5. The number of methoxy groups -OCH3 is 2. The van der Waals surface area contributed by atoms with Gasteiger partial charge in [0.25, 0.3) is 0 Å². The number of rotatable bonds is 6.